The number of fused-ring (bicyclic) bond motifs is 1. The van der Waals surface area contributed by atoms with Gasteiger partial charge in [0.25, 0.3) is 0 Å². The minimum atomic E-state index is -3.86. The molecule has 164 valence electrons. The second-order valence-electron chi connectivity index (χ2n) is 7.86. The van der Waals surface area contributed by atoms with E-state index < -0.39 is 21.2 Å². The summed E-state index contributed by atoms with van der Waals surface area (Å²) in [5.41, 5.74) is 0.727. The third-order valence-electron chi connectivity index (χ3n) is 5.85. The zero-order valence-electron chi connectivity index (χ0n) is 17.3. The lowest BCUT2D eigenvalue weighted by molar-refractivity contribution is 0.148. The number of hydrogen-bond acceptors (Lipinski definition) is 5. The highest BCUT2D eigenvalue weighted by molar-refractivity contribution is 7.91. The third-order valence-corrected chi connectivity index (χ3v) is 7.86. The summed E-state index contributed by atoms with van der Waals surface area (Å²) in [5.74, 6) is -0.468. The average molecular weight is 451 g/mol. The van der Waals surface area contributed by atoms with Crippen LogP contribution in [0.25, 0.3) is 10.9 Å². The van der Waals surface area contributed by atoms with E-state index in [-0.39, 0.29) is 10.9 Å². The highest BCUT2D eigenvalue weighted by atomic mass is 32.2. The summed E-state index contributed by atoms with van der Waals surface area (Å²) in [6.07, 6.45) is 3.55. The maximum atomic E-state index is 13.9. The first kappa shape index (κ1) is 20.8. The van der Waals surface area contributed by atoms with Crippen molar-refractivity contribution in [3.63, 3.8) is 0 Å². The number of para-hydroxylation sites is 1. The maximum Gasteiger partial charge on any atom is 0.213 e. The minimum absolute atomic E-state index is 0.0922. The van der Waals surface area contributed by atoms with Gasteiger partial charge in [0.1, 0.15) is 5.82 Å². The van der Waals surface area contributed by atoms with Crippen LogP contribution in [-0.4, -0.2) is 42.5 Å². The molecule has 0 radical (unpaired) electrons. The molecule has 5 rings (SSSR count). The van der Waals surface area contributed by atoms with E-state index in [1.165, 1.54) is 24.3 Å². The average Bonchev–Trinajstić information content (AvgIpc) is 3.24. The molecule has 32 heavy (non-hydrogen) atoms. The van der Waals surface area contributed by atoms with Gasteiger partial charge in [0.2, 0.25) is 9.84 Å². The highest BCUT2D eigenvalue weighted by Crippen LogP contribution is 2.33. The summed E-state index contributed by atoms with van der Waals surface area (Å²) < 4.78 is 43.1. The van der Waals surface area contributed by atoms with Gasteiger partial charge in [-0.25, -0.2) is 12.8 Å². The molecule has 8 heteroatoms. The van der Waals surface area contributed by atoms with Gasteiger partial charge < -0.3 is 9.88 Å². The summed E-state index contributed by atoms with van der Waals surface area (Å²) in [6, 6.07) is 20.3. The van der Waals surface area contributed by atoms with E-state index in [2.05, 4.69) is 10.3 Å². The molecule has 2 aromatic heterocycles. The van der Waals surface area contributed by atoms with Gasteiger partial charge in [-0.15, -0.1) is 0 Å². The number of aromatic nitrogens is 2. The first-order valence-electron chi connectivity index (χ1n) is 10.5. The first-order valence-corrected chi connectivity index (χ1v) is 12.0. The van der Waals surface area contributed by atoms with Crippen LogP contribution in [0, 0.1) is 5.82 Å². The zero-order valence-corrected chi connectivity index (χ0v) is 18.1. The smallest absolute Gasteiger partial charge is 0.213 e. The van der Waals surface area contributed by atoms with Gasteiger partial charge in [-0.3, -0.25) is 9.88 Å². The van der Waals surface area contributed by atoms with Gasteiger partial charge in [-0.1, -0.05) is 24.3 Å². The number of nitrogens with one attached hydrogen (secondary N) is 1. The molecule has 0 spiro atoms. The molecular formula is C24H23FN4O2S. The Balaban J connectivity index is 1.61. The normalized spacial score (nSPS) is 18.6. The number of nitrogens with zero attached hydrogens (tertiary/aromatic N) is 3. The van der Waals surface area contributed by atoms with E-state index in [1.807, 2.05) is 59.6 Å². The molecule has 0 bridgehead atoms. The molecule has 1 N–H and O–H groups in total. The Kier molecular flexibility index (Phi) is 5.50. The number of halogens is 1. The van der Waals surface area contributed by atoms with Crippen molar-refractivity contribution in [2.45, 2.75) is 16.4 Å². The predicted octanol–water partition coefficient (Wildman–Crippen LogP) is 3.75. The molecule has 2 unspecified atom stereocenters. The highest BCUT2D eigenvalue weighted by Gasteiger charge is 2.38. The quantitative estimate of drug-likeness (QED) is 0.469. The predicted molar refractivity (Wildman–Crippen MR) is 121 cm³/mol. The SMILES string of the molecule is O=S(=O)(c1ccc(F)cc1)C(N1CCNC(c2ccccn2)C1)n1ccc2ccccc21. The van der Waals surface area contributed by atoms with Crippen molar-refractivity contribution < 1.29 is 12.8 Å². The van der Waals surface area contributed by atoms with Crippen LogP contribution >= 0.6 is 0 Å². The number of piperazine rings is 1. The van der Waals surface area contributed by atoms with Crippen LogP contribution in [0.2, 0.25) is 0 Å². The first-order chi connectivity index (χ1) is 15.5. The lowest BCUT2D eigenvalue weighted by atomic mass is 10.1. The van der Waals surface area contributed by atoms with E-state index in [0.29, 0.717) is 19.6 Å². The molecule has 1 aliphatic heterocycles. The number of sulfone groups is 1. The maximum absolute atomic E-state index is 13.9. The molecule has 4 aromatic rings. The van der Waals surface area contributed by atoms with Crippen molar-refractivity contribution in [3.8, 4) is 0 Å². The summed E-state index contributed by atoms with van der Waals surface area (Å²) >= 11 is 0. The monoisotopic (exact) mass is 450 g/mol. The molecule has 1 aliphatic rings. The van der Waals surface area contributed by atoms with Gasteiger partial charge in [0, 0.05) is 32.0 Å². The van der Waals surface area contributed by atoms with Gasteiger partial charge >= 0.3 is 0 Å². The summed E-state index contributed by atoms with van der Waals surface area (Å²) in [4.78, 5) is 6.50. The molecule has 1 fully saturated rings. The number of hydrogen-bond donors (Lipinski definition) is 1. The number of pyridine rings is 1. The summed E-state index contributed by atoms with van der Waals surface area (Å²) in [6.45, 7) is 1.63. The van der Waals surface area contributed by atoms with Crippen LogP contribution in [0.3, 0.4) is 0 Å². The number of rotatable bonds is 5. The Morgan fingerprint density at radius 3 is 2.56 bits per heavy atom. The van der Waals surface area contributed by atoms with Crippen LogP contribution in [0.15, 0.2) is 90.1 Å². The topological polar surface area (TPSA) is 67.2 Å². The number of benzene rings is 2. The fourth-order valence-electron chi connectivity index (χ4n) is 4.32. The Labute approximate surface area is 186 Å². The lowest BCUT2D eigenvalue weighted by Gasteiger charge is -2.39. The van der Waals surface area contributed by atoms with E-state index in [9.17, 15) is 12.8 Å². The molecule has 0 saturated carbocycles. The van der Waals surface area contributed by atoms with Crippen molar-refractivity contribution in [2.75, 3.05) is 19.6 Å². The third kappa shape index (κ3) is 3.81. The molecule has 2 aromatic carbocycles. The zero-order chi connectivity index (χ0) is 22.1. The Bertz CT molecular complexity index is 1320. The van der Waals surface area contributed by atoms with Gasteiger partial charge in [0.15, 0.2) is 5.50 Å². The molecule has 3 heterocycles. The Morgan fingerprint density at radius 1 is 1.00 bits per heavy atom. The van der Waals surface area contributed by atoms with Crippen LogP contribution in [0.4, 0.5) is 4.39 Å². The van der Waals surface area contributed by atoms with Crippen LogP contribution in [-0.2, 0) is 9.84 Å². The summed E-state index contributed by atoms with van der Waals surface area (Å²) in [5, 5.41) is 4.40. The lowest BCUT2D eigenvalue weighted by Crippen LogP contribution is -2.50. The van der Waals surface area contributed by atoms with Crippen LogP contribution < -0.4 is 5.32 Å². The van der Waals surface area contributed by atoms with E-state index in [0.717, 1.165) is 16.6 Å². The standard InChI is InChI=1S/C24H23FN4O2S/c25-19-8-10-20(11-9-19)32(30,31)24(29-15-12-18-5-1-2-7-23(18)29)28-16-14-27-22(17-28)21-6-3-4-13-26-21/h1-13,15,22,24,27H,14,16-17H2. The molecule has 0 amide bonds. The van der Waals surface area contributed by atoms with Crippen molar-refractivity contribution in [3.05, 3.63) is 96.7 Å². The fourth-order valence-corrected chi connectivity index (χ4v) is 6.14. The molecule has 1 saturated heterocycles. The van der Waals surface area contributed by atoms with Gasteiger partial charge in [-0.05, 0) is 53.9 Å². The molecule has 2 atom stereocenters. The minimum Gasteiger partial charge on any atom is -0.318 e. The van der Waals surface area contributed by atoms with Crippen molar-refractivity contribution in [2.24, 2.45) is 0 Å². The van der Waals surface area contributed by atoms with Gasteiger partial charge in [-0.2, -0.15) is 0 Å². The van der Waals surface area contributed by atoms with Gasteiger partial charge in [0.05, 0.1) is 22.1 Å². The second kappa shape index (κ2) is 8.46. The Hall–Kier alpha value is -3.07. The second-order valence-corrected chi connectivity index (χ2v) is 9.85. The van der Waals surface area contributed by atoms with Crippen LogP contribution in [0.5, 0.6) is 0 Å². The molecule has 0 aliphatic carbocycles. The van der Waals surface area contributed by atoms with Crippen molar-refractivity contribution in [1.82, 2.24) is 19.8 Å². The van der Waals surface area contributed by atoms with E-state index >= 15 is 0 Å². The molecular weight excluding hydrogens is 427 g/mol. The Morgan fingerprint density at radius 2 is 1.78 bits per heavy atom. The van der Waals surface area contributed by atoms with E-state index in [4.69, 9.17) is 0 Å². The van der Waals surface area contributed by atoms with E-state index in [1.54, 1.807) is 10.8 Å². The largest absolute Gasteiger partial charge is 0.318 e. The molecule has 6 nitrogen and oxygen atoms in total. The fraction of sp³-hybridized carbons (Fsp3) is 0.208. The van der Waals surface area contributed by atoms with Crippen LogP contribution in [0.1, 0.15) is 17.2 Å². The van der Waals surface area contributed by atoms with Crippen molar-refractivity contribution >= 4 is 20.7 Å². The summed E-state index contributed by atoms with van der Waals surface area (Å²) in [7, 11) is -3.86. The van der Waals surface area contributed by atoms with Crippen molar-refractivity contribution in [1.29, 1.82) is 0 Å².